The van der Waals surface area contributed by atoms with E-state index in [9.17, 15) is 0 Å². The Kier molecular flexibility index (Phi) is 51.4. The third-order valence-electron chi connectivity index (χ3n) is 5.28. The highest BCUT2D eigenvalue weighted by Crippen LogP contribution is 2.12. The Morgan fingerprint density at radius 2 is 0.647 bits per heavy atom. The normalized spacial score (nSPS) is 10.2. The molecule has 0 aromatic carbocycles. The average Bonchev–Trinajstić information content (AvgIpc) is 2.75. The Labute approximate surface area is 214 Å². The molecule has 0 saturated carbocycles. The van der Waals surface area contributed by atoms with E-state index in [0.29, 0.717) is 0 Å². The first-order valence-corrected chi connectivity index (χ1v) is 15.1. The number of hydrogen-bond donors (Lipinski definition) is 4. The van der Waals surface area contributed by atoms with Crippen molar-refractivity contribution in [3.63, 3.8) is 0 Å². The first-order chi connectivity index (χ1) is 15.4. The molecule has 0 spiro atoms. The van der Waals surface area contributed by atoms with Crippen molar-refractivity contribution < 1.29 is 22.3 Å². The Bertz CT molecular complexity index is 380. The minimum atomic E-state index is -4.67. The number of rotatable bonds is 22. The van der Waals surface area contributed by atoms with E-state index < -0.39 is 10.4 Å². The van der Waals surface area contributed by atoms with Crippen LogP contribution in [0.2, 0.25) is 0 Å². The predicted molar refractivity (Wildman–Crippen MR) is 150 cm³/mol. The summed E-state index contributed by atoms with van der Waals surface area (Å²) in [6.45, 7) is 10.6. The zero-order chi connectivity index (χ0) is 24.8. The maximum atomic E-state index is 8.74. The van der Waals surface area contributed by atoms with Gasteiger partial charge in [0.05, 0.1) is 0 Å². The number of hydrogen-bond acceptors (Lipinski definition) is 5. The van der Waals surface area contributed by atoms with E-state index >= 15 is 0 Å². The van der Waals surface area contributed by atoms with Gasteiger partial charge in [-0.2, -0.15) is 8.42 Å². The van der Waals surface area contributed by atoms with Gasteiger partial charge in [0.1, 0.15) is 0 Å². The quantitative estimate of drug-likeness (QED) is 0.0824. The van der Waals surface area contributed by atoms with Crippen molar-refractivity contribution in [2.75, 3.05) is 13.2 Å². The van der Waals surface area contributed by atoms with Gasteiger partial charge in [-0.15, -0.1) is 0 Å². The molecule has 8 heteroatoms. The third-order valence-corrected chi connectivity index (χ3v) is 5.28. The van der Waals surface area contributed by atoms with Crippen LogP contribution in [0.5, 0.6) is 0 Å². The van der Waals surface area contributed by atoms with E-state index in [1.54, 1.807) is 0 Å². The molecule has 7 nitrogen and oxygen atoms in total. The van der Waals surface area contributed by atoms with E-state index in [1.807, 2.05) is 13.8 Å². The lowest BCUT2D eigenvalue weighted by atomic mass is 10.1. The first kappa shape index (κ1) is 43.8. The van der Waals surface area contributed by atoms with E-state index in [1.165, 1.54) is 128 Å². The van der Waals surface area contributed by atoms with Gasteiger partial charge in [-0.1, -0.05) is 143 Å². The van der Waals surface area contributed by atoms with Crippen LogP contribution in [0.4, 0.5) is 0 Å². The summed E-state index contributed by atoms with van der Waals surface area (Å²) in [4.78, 5) is 0. The molecule has 0 unspecified atom stereocenters. The summed E-state index contributed by atoms with van der Waals surface area (Å²) in [5.74, 6) is 0. The molecule has 0 heterocycles. The van der Waals surface area contributed by atoms with Crippen molar-refractivity contribution >= 4 is 10.4 Å². The highest BCUT2D eigenvalue weighted by atomic mass is 32.3. The van der Waals surface area contributed by atoms with Gasteiger partial charge in [-0.3, -0.25) is 9.11 Å². The van der Waals surface area contributed by atoms with Gasteiger partial charge in [0.2, 0.25) is 0 Å². The van der Waals surface area contributed by atoms with Gasteiger partial charge in [-0.25, -0.2) is 0 Å². The highest BCUT2D eigenvalue weighted by Gasteiger charge is 1.95. The molecule has 8 N–H and O–H groups in total. The second kappa shape index (κ2) is 39.9. The van der Waals surface area contributed by atoms with Crippen LogP contribution >= 0.6 is 0 Å². The summed E-state index contributed by atoms with van der Waals surface area (Å²) in [6, 6.07) is 0. The van der Waals surface area contributed by atoms with E-state index in [4.69, 9.17) is 22.3 Å². The lowest BCUT2D eigenvalue weighted by molar-refractivity contribution is 0.125. The molecule has 0 aliphatic rings. The van der Waals surface area contributed by atoms with E-state index in [-0.39, 0.29) is 12.3 Å². The Hall–Kier alpha value is -0.250. The second-order valence-electron chi connectivity index (χ2n) is 8.42. The van der Waals surface area contributed by atoms with Gasteiger partial charge >= 0.3 is 10.4 Å². The minimum Gasteiger partial charge on any atom is -0.381 e. The summed E-state index contributed by atoms with van der Waals surface area (Å²) < 4.78 is 37.4. The predicted octanol–water partition coefficient (Wildman–Crippen LogP) is 9.54. The van der Waals surface area contributed by atoms with Crippen LogP contribution in [0.15, 0.2) is 0 Å². The zero-order valence-corrected chi connectivity index (χ0v) is 24.3. The van der Waals surface area contributed by atoms with Crippen molar-refractivity contribution in [1.29, 1.82) is 0 Å². The van der Waals surface area contributed by atoms with E-state index in [0.717, 1.165) is 13.2 Å². The van der Waals surface area contributed by atoms with Gasteiger partial charge in [0.25, 0.3) is 0 Å². The van der Waals surface area contributed by atoms with Crippen molar-refractivity contribution in [2.45, 2.75) is 156 Å². The molecule has 0 fully saturated rings. The molecule has 0 saturated heterocycles. The minimum absolute atomic E-state index is 0. The van der Waals surface area contributed by atoms with Gasteiger partial charge in [-0.05, 0) is 12.8 Å². The van der Waals surface area contributed by atoms with Crippen LogP contribution < -0.4 is 12.3 Å². The molecule has 34 heavy (non-hydrogen) atoms. The van der Waals surface area contributed by atoms with Gasteiger partial charge in [0, 0.05) is 13.2 Å². The fraction of sp³-hybridized carbons (Fsp3) is 1.00. The van der Waals surface area contributed by atoms with Gasteiger partial charge in [0.15, 0.2) is 0 Å². The third kappa shape index (κ3) is 63.5. The monoisotopic (exact) mass is 516 g/mol. The van der Waals surface area contributed by atoms with Crippen molar-refractivity contribution in [3.8, 4) is 0 Å². The second-order valence-corrected chi connectivity index (χ2v) is 9.32. The fourth-order valence-electron chi connectivity index (χ4n) is 3.49. The fourth-order valence-corrected chi connectivity index (χ4v) is 3.49. The summed E-state index contributed by atoms with van der Waals surface area (Å²) in [5.41, 5.74) is 0. The molecule has 0 aromatic rings. The SMILES string of the molecule is CC.CCCCCCCCCCCCOCCCCCCCCCCCC.N.N.O=S(=O)(O)O. The zero-order valence-electron chi connectivity index (χ0n) is 23.5. The topological polar surface area (TPSA) is 154 Å². The summed E-state index contributed by atoms with van der Waals surface area (Å²) in [6.07, 6.45) is 28.2. The molecule has 0 aromatic heterocycles. The molecule has 0 amide bonds. The lowest BCUT2D eigenvalue weighted by Gasteiger charge is -2.05. The van der Waals surface area contributed by atoms with Gasteiger partial charge < -0.3 is 17.0 Å². The van der Waals surface area contributed by atoms with Crippen LogP contribution in [-0.2, 0) is 15.1 Å². The van der Waals surface area contributed by atoms with Crippen molar-refractivity contribution in [2.24, 2.45) is 0 Å². The number of unbranched alkanes of at least 4 members (excludes halogenated alkanes) is 18. The smallest absolute Gasteiger partial charge is 0.381 e. The standard InChI is InChI=1S/C24H50O.C2H6.2H3N.H2O4S/c1-3-5-7-9-11-13-15-17-19-21-23-25-24-22-20-18-16-14-12-10-8-6-4-2;1-2;;;1-5(2,3)4/h3-24H2,1-2H3;1-2H3;2*1H3;(H2,1,2,3,4). The molecule has 0 radical (unpaired) electrons. The Morgan fingerprint density at radius 1 is 0.471 bits per heavy atom. The van der Waals surface area contributed by atoms with Crippen molar-refractivity contribution in [1.82, 2.24) is 12.3 Å². The Morgan fingerprint density at radius 3 is 0.853 bits per heavy atom. The van der Waals surface area contributed by atoms with Crippen LogP contribution in [0.25, 0.3) is 0 Å². The molecule has 214 valence electrons. The molecule has 0 atom stereocenters. The van der Waals surface area contributed by atoms with E-state index in [2.05, 4.69) is 13.8 Å². The average molecular weight is 517 g/mol. The maximum absolute atomic E-state index is 8.74. The molecule has 0 rings (SSSR count). The number of ether oxygens (including phenoxy) is 1. The summed E-state index contributed by atoms with van der Waals surface area (Å²) in [5, 5.41) is 0. The molecular weight excluding hydrogens is 452 g/mol. The maximum Gasteiger partial charge on any atom is 0.394 e. The van der Waals surface area contributed by atoms with Crippen LogP contribution in [-0.4, -0.2) is 30.7 Å². The highest BCUT2D eigenvalue weighted by molar-refractivity contribution is 7.79. The Balaban J connectivity index is -0.000000274. The molecule has 0 aliphatic carbocycles. The largest absolute Gasteiger partial charge is 0.394 e. The molecular formula is C26H64N2O5S. The first-order valence-electron chi connectivity index (χ1n) is 13.7. The molecule has 0 bridgehead atoms. The van der Waals surface area contributed by atoms with Crippen LogP contribution in [0.1, 0.15) is 156 Å². The lowest BCUT2D eigenvalue weighted by Crippen LogP contribution is -1.97. The van der Waals surface area contributed by atoms with Crippen LogP contribution in [0.3, 0.4) is 0 Å². The molecule has 0 aliphatic heterocycles. The summed E-state index contributed by atoms with van der Waals surface area (Å²) in [7, 11) is -4.67. The van der Waals surface area contributed by atoms with Crippen LogP contribution in [0, 0.1) is 0 Å². The van der Waals surface area contributed by atoms with Crippen molar-refractivity contribution in [3.05, 3.63) is 0 Å². The summed E-state index contributed by atoms with van der Waals surface area (Å²) >= 11 is 0.